The third kappa shape index (κ3) is 3.37. The number of rotatable bonds is 4. The van der Waals surface area contributed by atoms with Gasteiger partial charge >= 0.3 is 0 Å². The number of methoxy groups -OCH3 is 3. The highest BCUT2D eigenvalue weighted by Gasteiger charge is 2.26. The molecule has 3 rings (SSSR count). The molecule has 0 radical (unpaired) electrons. The number of fused-ring (bicyclic) bond motifs is 1. The molecule has 26 heavy (non-hydrogen) atoms. The van der Waals surface area contributed by atoms with Crippen molar-refractivity contribution in [3.05, 3.63) is 41.5 Å². The number of carbonyl (C=O) groups is 1. The highest BCUT2D eigenvalue weighted by Crippen LogP contribution is 2.39. The van der Waals surface area contributed by atoms with Crippen LogP contribution in [0.15, 0.2) is 30.3 Å². The molecule has 0 bridgehead atoms. The lowest BCUT2D eigenvalue weighted by Crippen LogP contribution is -2.35. The van der Waals surface area contributed by atoms with Crippen LogP contribution in [0.4, 0.5) is 11.4 Å². The normalized spacial score (nSPS) is 12.7. The zero-order valence-corrected chi connectivity index (χ0v) is 15.9. The van der Waals surface area contributed by atoms with Gasteiger partial charge in [-0.15, -0.1) is 12.4 Å². The zero-order chi connectivity index (χ0) is 18.0. The molecule has 2 aromatic carbocycles. The standard InChI is InChI=1S/C19H22N2O4.ClH/c1-23-16-10-12(11-17(24-2)18(16)25-3)19(22)21-9-5-6-13-14(20)7-4-8-15(13)21;/h4,7-8,10-11H,5-6,9,20H2,1-3H3;1H. The molecule has 2 N–H and O–H groups in total. The van der Waals surface area contributed by atoms with Gasteiger partial charge in [0.05, 0.1) is 21.3 Å². The molecule has 0 spiro atoms. The number of nitrogens with zero attached hydrogens (tertiary/aromatic N) is 1. The van der Waals surface area contributed by atoms with E-state index in [1.807, 2.05) is 18.2 Å². The fourth-order valence-corrected chi connectivity index (χ4v) is 3.22. The third-order valence-corrected chi connectivity index (χ3v) is 4.44. The average Bonchev–Trinajstić information content (AvgIpc) is 2.66. The van der Waals surface area contributed by atoms with Gasteiger partial charge in [0.15, 0.2) is 11.5 Å². The van der Waals surface area contributed by atoms with Crippen LogP contribution in [-0.2, 0) is 6.42 Å². The summed E-state index contributed by atoms with van der Waals surface area (Å²) in [6.45, 7) is 0.645. The largest absolute Gasteiger partial charge is 0.493 e. The molecule has 140 valence electrons. The first kappa shape index (κ1) is 19.7. The molecule has 1 aliphatic rings. The van der Waals surface area contributed by atoms with Crippen molar-refractivity contribution in [1.29, 1.82) is 0 Å². The van der Waals surface area contributed by atoms with Gasteiger partial charge in [0.2, 0.25) is 5.75 Å². The Kier molecular flexibility index (Phi) is 6.21. The van der Waals surface area contributed by atoms with E-state index in [4.69, 9.17) is 19.9 Å². The number of anilines is 2. The van der Waals surface area contributed by atoms with Crippen LogP contribution in [-0.4, -0.2) is 33.8 Å². The van der Waals surface area contributed by atoms with Gasteiger partial charge in [-0.3, -0.25) is 4.79 Å². The molecule has 0 atom stereocenters. The molecule has 0 aromatic heterocycles. The van der Waals surface area contributed by atoms with Gasteiger partial charge in [0.25, 0.3) is 5.91 Å². The Bertz CT molecular complexity index is 785. The number of benzene rings is 2. The third-order valence-electron chi connectivity index (χ3n) is 4.44. The van der Waals surface area contributed by atoms with Crippen molar-refractivity contribution < 1.29 is 19.0 Å². The monoisotopic (exact) mass is 378 g/mol. The van der Waals surface area contributed by atoms with Gasteiger partial charge in [-0.25, -0.2) is 0 Å². The van der Waals surface area contributed by atoms with Crippen molar-refractivity contribution in [2.24, 2.45) is 0 Å². The molecule has 7 heteroatoms. The summed E-state index contributed by atoms with van der Waals surface area (Å²) in [5, 5.41) is 0. The summed E-state index contributed by atoms with van der Waals surface area (Å²) >= 11 is 0. The van der Waals surface area contributed by atoms with Gasteiger partial charge in [-0.05, 0) is 42.7 Å². The van der Waals surface area contributed by atoms with E-state index in [1.165, 1.54) is 21.3 Å². The lowest BCUT2D eigenvalue weighted by atomic mass is 9.99. The highest BCUT2D eigenvalue weighted by molar-refractivity contribution is 6.07. The predicted octanol–water partition coefficient (Wildman–Crippen LogP) is 3.31. The lowest BCUT2D eigenvalue weighted by molar-refractivity contribution is 0.0984. The Morgan fingerprint density at radius 3 is 2.31 bits per heavy atom. The summed E-state index contributed by atoms with van der Waals surface area (Å²) in [4.78, 5) is 14.9. The number of hydrogen-bond acceptors (Lipinski definition) is 5. The van der Waals surface area contributed by atoms with Crippen molar-refractivity contribution in [3.8, 4) is 17.2 Å². The van der Waals surface area contributed by atoms with Crippen LogP contribution < -0.4 is 24.8 Å². The zero-order valence-electron chi connectivity index (χ0n) is 15.1. The van der Waals surface area contributed by atoms with Crippen LogP contribution in [0.3, 0.4) is 0 Å². The summed E-state index contributed by atoms with van der Waals surface area (Å²) in [6.07, 6.45) is 1.75. The molecule has 1 amide bonds. The van der Waals surface area contributed by atoms with Gasteiger partial charge in [-0.1, -0.05) is 6.07 Å². The number of hydrogen-bond donors (Lipinski definition) is 1. The topological polar surface area (TPSA) is 74.0 Å². The molecule has 0 fully saturated rings. The summed E-state index contributed by atoms with van der Waals surface area (Å²) in [5.74, 6) is 1.25. The molecule has 0 saturated carbocycles. The van der Waals surface area contributed by atoms with Crippen molar-refractivity contribution in [2.45, 2.75) is 12.8 Å². The van der Waals surface area contributed by atoms with Crippen LogP contribution in [0.5, 0.6) is 17.2 Å². The summed E-state index contributed by atoms with van der Waals surface area (Å²) in [6, 6.07) is 9.01. The number of halogens is 1. The fourth-order valence-electron chi connectivity index (χ4n) is 3.22. The maximum atomic E-state index is 13.1. The number of nitrogen functional groups attached to an aromatic ring is 1. The minimum atomic E-state index is -0.120. The predicted molar refractivity (Wildman–Crippen MR) is 104 cm³/mol. The first-order chi connectivity index (χ1) is 12.1. The van der Waals surface area contributed by atoms with E-state index < -0.39 is 0 Å². The summed E-state index contributed by atoms with van der Waals surface area (Å²) < 4.78 is 16.0. The second kappa shape index (κ2) is 8.19. The van der Waals surface area contributed by atoms with Gasteiger partial charge in [-0.2, -0.15) is 0 Å². The minimum absolute atomic E-state index is 0. The Morgan fingerprint density at radius 2 is 1.73 bits per heavy atom. The Morgan fingerprint density at radius 1 is 1.08 bits per heavy atom. The number of amides is 1. The van der Waals surface area contributed by atoms with E-state index in [1.54, 1.807) is 17.0 Å². The molecule has 6 nitrogen and oxygen atoms in total. The molecular weight excluding hydrogens is 356 g/mol. The molecular formula is C19H23ClN2O4. The molecule has 0 saturated heterocycles. The highest BCUT2D eigenvalue weighted by atomic mass is 35.5. The molecule has 0 unspecified atom stereocenters. The molecule has 0 aliphatic carbocycles. The van der Waals surface area contributed by atoms with Crippen LogP contribution in [0.2, 0.25) is 0 Å². The SMILES string of the molecule is COc1cc(C(=O)N2CCCc3c(N)cccc32)cc(OC)c1OC.Cl. The molecule has 2 aromatic rings. The summed E-state index contributed by atoms with van der Waals surface area (Å²) in [7, 11) is 4.59. The minimum Gasteiger partial charge on any atom is -0.493 e. The Hall–Kier alpha value is -2.60. The number of nitrogens with two attached hydrogens (primary N) is 1. The second-order valence-corrected chi connectivity index (χ2v) is 5.82. The van der Waals surface area contributed by atoms with Gasteiger partial charge in [0, 0.05) is 23.5 Å². The maximum Gasteiger partial charge on any atom is 0.258 e. The van der Waals surface area contributed by atoms with Crippen molar-refractivity contribution >= 4 is 29.7 Å². The first-order valence-corrected chi connectivity index (χ1v) is 8.10. The molecule has 1 heterocycles. The van der Waals surface area contributed by atoms with Crippen molar-refractivity contribution in [1.82, 2.24) is 0 Å². The van der Waals surface area contributed by atoms with Crippen molar-refractivity contribution in [3.63, 3.8) is 0 Å². The average molecular weight is 379 g/mol. The smallest absolute Gasteiger partial charge is 0.258 e. The van der Waals surface area contributed by atoms with E-state index in [0.717, 1.165) is 29.8 Å². The van der Waals surface area contributed by atoms with E-state index in [2.05, 4.69) is 0 Å². The quantitative estimate of drug-likeness (QED) is 0.826. The van der Waals surface area contributed by atoms with E-state index in [9.17, 15) is 4.79 Å². The first-order valence-electron chi connectivity index (χ1n) is 8.10. The van der Waals surface area contributed by atoms with E-state index in [-0.39, 0.29) is 18.3 Å². The van der Waals surface area contributed by atoms with Crippen LogP contribution in [0, 0.1) is 0 Å². The Labute approximate surface area is 159 Å². The van der Waals surface area contributed by atoms with Crippen LogP contribution in [0.1, 0.15) is 22.3 Å². The Balaban J connectivity index is 0.00000243. The second-order valence-electron chi connectivity index (χ2n) is 5.82. The van der Waals surface area contributed by atoms with E-state index >= 15 is 0 Å². The fraction of sp³-hybridized carbons (Fsp3) is 0.316. The number of ether oxygens (including phenoxy) is 3. The van der Waals surface area contributed by atoms with E-state index in [0.29, 0.717) is 29.4 Å². The van der Waals surface area contributed by atoms with Crippen molar-refractivity contribution in [2.75, 3.05) is 38.5 Å². The lowest BCUT2D eigenvalue weighted by Gasteiger charge is -2.30. The maximum absolute atomic E-state index is 13.1. The summed E-state index contributed by atoms with van der Waals surface area (Å²) in [5.41, 5.74) is 9.16. The molecule has 1 aliphatic heterocycles. The van der Waals surface area contributed by atoms with Crippen LogP contribution in [0.25, 0.3) is 0 Å². The van der Waals surface area contributed by atoms with Gasteiger partial charge < -0.3 is 24.8 Å². The number of carbonyl (C=O) groups excluding carboxylic acids is 1. The van der Waals surface area contributed by atoms with Gasteiger partial charge in [0.1, 0.15) is 0 Å². The van der Waals surface area contributed by atoms with Crippen LogP contribution >= 0.6 is 12.4 Å².